The molecule has 438 valence electrons. The van der Waals surface area contributed by atoms with Crippen molar-refractivity contribution in [1.82, 2.24) is 28.7 Å². The third kappa shape index (κ3) is 9.66. The van der Waals surface area contributed by atoms with Crippen LogP contribution in [-0.4, -0.2) is 28.7 Å². The predicted molar refractivity (Wildman–Crippen MR) is 289 cm³/mol. The van der Waals surface area contributed by atoms with Gasteiger partial charge in [0.1, 0.15) is 0 Å². The van der Waals surface area contributed by atoms with Crippen molar-refractivity contribution < 1.29 is 79.0 Å². The first kappa shape index (κ1) is 56.3. The molecule has 0 saturated heterocycles. The molecule has 0 atom stereocenters. The normalized spacial score (nSPS) is 13.2. The van der Waals surface area contributed by atoms with E-state index in [4.69, 9.17) is 0 Å². The number of hydrogen-bond donors (Lipinski definition) is 0. The average molecular weight is 1210 g/mol. The second-order valence-electron chi connectivity index (χ2n) is 20.3. The second-order valence-corrected chi connectivity index (χ2v) is 20.3. The van der Waals surface area contributed by atoms with Gasteiger partial charge in [-0.1, -0.05) is 84.9 Å². The van der Waals surface area contributed by atoms with Gasteiger partial charge in [-0.25, -0.2) is 15.0 Å². The zero-order valence-electron chi connectivity index (χ0n) is 43.3. The summed E-state index contributed by atoms with van der Waals surface area (Å²) in [5.74, 6) is 0.459. The van der Waals surface area contributed by atoms with Crippen LogP contribution in [-0.2, 0) is 37.1 Å². The Labute approximate surface area is 475 Å². The van der Waals surface area contributed by atoms with Crippen LogP contribution in [0.5, 0.6) is 0 Å². The van der Waals surface area contributed by atoms with Crippen molar-refractivity contribution in [3.63, 3.8) is 0 Å². The highest BCUT2D eigenvalue weighted by atomic mass is 19.4. The van der Waals surface area contributed by atoms with Gasteiger partial charge in [0, 0.05) is 54.7 Å². The van der Waals surface area contributed by atoms with Crippen molar-refractivity contribution in [3.05, 3.63) is 215 Å². The largest absolute Gasteiger partial charge is 0.418 e. The molecule has 0 spiro atoms. The Hall–Kier alpha value is -9.87. The minimum atomic E-state index is -5.58. The van der Waals surface area contributed by atoms with E-state index in [9.17, 15) is 52.7 Å². The van der Waals surface area contributed by atoms with E-state index in [1.54, 1.807) is 60.7 Å². The van der Waals surface area contributed by atoms with E-state index in [0.29, 0.717) is 93.1 Å². The summed E-state index contributed by atoms with van der Waals surface area (Å²) in [4.78, 5) is 14.0. The third-order valence-corrected chi connectivity index (χ3v) is 15.0. The highest BCUT2D eigenvalue weighted by Crippen LogP contribution is 2.49. The maximum absolute atomic E-state index is 16.1. The van der Waals surface area contributed by atoms with Gasteiger partial charge in [-0.3, -0.25) is 0 Å². The van der Waals surface area contributed by atoms with E-state index < -0.39 is 126 Å². The van der Waals surface area contributed by atoms with Crippen LogP contribution in [0.15, 0.2) is 182 Å². The molecule has 0 aliphatic rings. The van der Waals surface area contributed by atoms with E-state index in [2.05, 4.69) is 15.0 Å². The summed E-state index contributed by atoms with van der Waals surface area (Å²) in [6, 6.07) is 32.2. The highest BCUT2D eigenvalue weighted by Gasteiger charge is 2.41. The van der Waals surface area contributed by atoms with Crippen molar-refractivity contribution in [1.29, 1.82) is 0 Å². The fourth-order valence-electron chi connectivity index (χ4n) is 11.1. The average Bonchev–Trinajstić information content (AvgIpc) is 1.62. The number of halogens is 18. The Bertz CT molecular complexity index is 4500. The molecule has 0 radical (unpaired) electrons. The van der Waals surface area contributed by atoms with E-state index in [1.165, 1.54) is 24.3 Å². The van der Waals surface area contributed by atoms with Crippen LogP contribution >= 0.6 is 0 Å². The monoisotopic (exact) mass is 1210 g/mol. The molecule has 0 amide bonds. The molecule has 0 fully saturated rings. The first-order valence-corrected chi connectivity index (χ1v) is 25.7. The van der Waals surface area contributed by atoms with Crippen molar-refractivity contribution in [3.8, 4) is 51.2 Å². The molecule has 0 aliphatic carbocycles. The van der Waals surface area contributed by atoms with E-state index in [0.717, 1.165) is 28.8 Å². The molecule has 0 N–H and O–H groups in total. The summed E-state index contributed by atoms with van der Waals surface area (Å²) in [5, 5.41) is -1.99. The minimum Gasteiger partial charge on any atom is -0.309 e. The molecule has 0 aliphatic heterocycles. The molecule has 4 heterocycles. The summed E-state index contributed by atoms with van der Waals surface area (Å²) < 4.78 is 273. The SMILES string of the molecule is FC(F)(F)c1ccc2c3ccc(C(F)(F)F)cc3n(-c3cc4c5cc(-n6c7cc(C(F)(F)F)ccc7c7ccc(C(F)(F)F)cc76)c(C(F)(F)F)cc5n(-c5ccc(-c6nc(-c7ccccc7)nc(-c7ccccc7)n6)cc5)c4cc3C(F)(F)F)c2c1. The first-order chi connectivity index (χ1) is 40.9. The van der Waals surface area contributed by atoms with Gasteiger partial charge in [0.15, 0.2) is 17.5 Å². The van der Waals surface area contributed by atoms with Gasteiger partial charge in [-0.2, -0.15) is 79.0 Å². The van der Waals surface area contributed by atoms with E-state index >= 15 is 26.3 Å². The zero-order valence-corrected chi connectivity index (χ0v) is 43.3. The van der Waals surface area contributed by atoms with Crippen LogP contribution in [0.1, 0.15) is 33.4 Å². The fraction of sp³-hybridized carbons (Fsp3) is 0.0952. The molecule has 6 nitrogen and oxygen atoms in total. The molecule has 0 bridgehead atoms. The maximum Gasteiger partial charge on any atom is 0.418 e. The molecule has 0 saturated carbocycles. The van der Waals surface area contributed by atoms with Gasteiger partial charge >= 0.3 is 37.1 Å². The van der Waals surface area contributed by atoms with E-state index in [-0.39, 0.29) is 50.3 Å². The Morgan fingerprint density at radius 3 is 0.793 bits per heavy atom. The predicted octanol–water partition coefficient (Wildman–Crippen LogP) is 20.3. The Morgan fingerprint density at radius 2 is 0.517 bits per heavy atom. The zero-order chi connectivity index (χ0) is 61.7. The molecular formula is C63H30F18N6. The molecule has 4 aromatic heterocycles. The quantitative estimate of drug-likeness (QED) is 0.156. The standard InChI is InChI=1S/C63H30F18N6/c64-58(65,66)34-13-19-39-40-20-14-35(59(67,68)69)24-48(40)86(47(39)23-34)53-27-43-44-28-54(87-49-25-36(60(70,71)72)15-21-41(49)42-22-16-37(26-50(42)87)61(73,74)75)46(63(79,80)81)30-52(44)85(51(43)29-45(53)62(76,77)78)38-17-11-33(12-18-38)57-83-55(31-7-3-1-4-8-31)82-56(84-57)32-9-5-2-6-10-32/h1-30H. The lowest BCUT2D eigenvalue weighted by Crippen LogP contribution is -2.12. The van der Waals surface area contributed by atoms with Gasteiger partial charge in [0.2, 0.25) is 0 Å². The molecule has 87 heavy (non-hydrogen) atoms. The number of fused-ring (bicyclic) bond motifs is 9. The minimum absolute atomic E-state index is 0.0477. The highest BCUT2D eigenvalue weighted by molar-refractivity contribution is 6.15. The summed E-state index contributed by atoms with van der Waals surface area (Å²) in [7, 11) is 0. The molecule has 13 rings (SSSR count). The molecule has 24 heteroatoms. The third-order valence-electron chi connectivity index (χ3n) is 15.0. The molecular weight excluding hydrogens is 1180 g/mol. The van der Waals surface area contributed by atoms with Crippen LogP contribution in [0.2, 0.25) is 0 Å². The molecule has 9 aromatic carbocycles. The summed E-state index contributed by atoms with van der Waals surface area (Å²) >= 11 is 0. The summed E-state index contributed by atoms with van der Waals surface area (Å²) in [5.41, 5.74) is -14.3. The smallest absolute Gasteiger partial charge is 0.309 e. The number of benzene rings is 9. The fourth-order valence-corrected chi connectivity index (χ4v) is 11.1. The van der Waals surface area contributed by atoms with Crippen LogP contribution in [0.3, 0.4) is 0 Å². The van der Waals surface area contributed by atoms with Crippen molar-refractivity contribution in [2.24, 2.45) is 0 Å². The lowest BCUT2D eigenvalue weighted by Gasteiger charge is -2.18. The lowest BCUT2D eigenvalue weighted by atomic mass is 10.0. The summed E-state index contributed by atoms with van der Waals surface area (Å²) in [6.45, 7) is 0. The van der Waals surface area contributed by atoms with Crippen LogP contribution in [0.4, 0.5) is 79.0 Å². The maximum atomic E-state index is 16.1. The lowest BCUT2D eigenvalue weighted by molar-refractivity contribution is -0.138. The van der Waals surface area contributed by atoms with Gasteiger partial charge in [-0.15, -0.1) is 0 Å². The Morgan fingerprint density at radius 1 is 0.241 bits per heavy atom. The van der Waals surface area contributed by atoms with Crippen molar-refractivity contribution >= 4 is 65.4 Å². The first-order valence-electron chi connectivity index (χ1n) is 25.7. The number of rotatable bonds is 6. The number of hydrogen-bond acceptors (Lipinski definition) is 3. The Balaban J connectivity index is 1.16. The second kappa shape index (κ2) is 19.3. The Kier molecular flexibility index (Phi) is 12.5. The van der Waals surface area contributed by atoms with Gasteiger partial charge in [0.25, 0.3) is 0 Å². The van der Waals surface area contributed by atoms with Crippen LogP contribution in [0.25, 0.3) is 117 Å². The van der Waals surface area contributed by atoms with Crippen LogP contribution < -0.4 is 0 Å². The van der Waals surface area contributed by atoms with Crippen LogP contribution in [0, 0.1) is 0 Å². The topological polar surface area (TPSA) is 53.5 Å². The summed E-state index contributed by atoms with van der Waals surface area (Å²) in [6.07, 6.45) is -31.9. The van der Waals surface area contributed by atoms with E-state index in [1.807, 2.05) is 0 Å². The van der Waals surface area contributed by atoms with Gasteiger partial charge in [-0.05, 0) is 97.1 Å². The number of alkyl halides is 18. The molecule has 13 aromatic rings. The van der Waals surface area contributed by atoms with Gasteiger partial charge < -0.3 is 13.7 Å². The number of aromatic nitrogens is 6. The molecule has 0 unspecified atom stereocenters. The van der Waals surface area contributed by atoms with Crippen molar-refractivity contribution in [2.45, 2.75) is 37.1 Å². The van der Waals surface area contributed by atoms with Gasteiger partial charge in [0.05, 0.1) is 77.9 Å². The van der Waals surface area contributed by atoms with Crippen molar-refractivity contribution in [2.75, 3.05) is 0 Å². The number of nitrogens with zero attached hydrogens (tertiary/aromatic N) is 6.